The van der Waals surface area contributed by atoms with Crippen molar-refractivity contribution in [2.45, 2.75) is 47.1 Å². The molecule has 0 saturated heterocycles. The van der Waals surface area contributed by atoms with Crippen LogP contribution in [0.4, 0.5) is 0 Å². The van der Waals surface area contributed by atoms with E-state index in [4.69, 9.17) is 11.6 Å². The zero-order valence-corrected chi connectivity index (χ0v) is 12.4. The number of aromatic nitrogens is 3. The number of aryl methyl sites for hydroxylation is 1. The topological polar surface area (TPSA) is 30.7 Å². The second-order valence-electron chi connectivity index (χ2n) is 5.49. The van der Waals surface area contributed by atoms with Crippen molar-refractivity contribution in [1.29, 1.82) is 0 Å². The lowest BCUT2D eigenvalue weighted by atomic mass is 10.1. The molecule has 0 amide bonds. The molecule has 0 fully saturated rings. The molecule has 0 radical (unpaired) electrons. The van der Waals surface area contributed by atoms with Crippen LogP contribution in [-0.4, -0.2) is 14.5 Å². The van der Waals surface area contributed by atoms with Crippen LogP contribution in [0.5, 0.6) is 0 Å². The van der Waals surface area contributed by atoms with E-state index in [-0.39, 0.29) is 0 Å². The van der Waals surface area contributed by atoms with Crippen molar-refractivity contribution < 1.29 is 0 Å². The molecule has 0 aliphatic rings. The van der Waals surface area contributed by atoms with Crippen molar-refractivity contribution in [2.24, 2.45) is 5.92 Å². The monoisotopic (exact) mass is 265 g/mol. The van der Waals surface area contributed by atoms with Gasteiger partial charge in [0, 0.05) is 17.8 Å². The first-order valence-electron chi connectivity index (χ1n) is 6.44. The number of nitrogens with zero attached hydrogens (tertiary/aromatic N) is 3. The van der Waals surface area contributed by atoms with E-state index in [1.54, 1.807) is 0 Å². The molecule has 2 heterocycles. The number of halogens is 1. The van der Waals surface area contributed by atoms with Crippen LogP contribution >= 0.6 is 11.6 Å². The van der Waals surface area contributed by atoms with Crippen molar-refractivity contribution in [2.75, 3.05) is 0 Å². The van der Waals surface area contributed by atoms with Crippen molar-refractivity contribution in [3.8, 4) is 0 Å². The fourth-order valence-corrected chi connectivity index (χ4v) is 2.60. The van der Waals surface area contributed by atoms with Crippen molar-refractivity contribution in [1.82, 2.24) is 14.5 Å². The average molecular weight is 266 g/mol. The first kappa shape index (κ1) is 13.3. The summed E-state index contributed by atoms with van der Waals surface area (Å²) in [6.07, 6.45) is 0.900. The van der Waals surface area contributed by atoms with Crippen LogP contribution < -0.4 is 0 Å². The second kappa shape index (κ2) is 4.88. The summed E-state index contributed by atoms with van der Waals surface area (Å²) in [6, 6.07) is 2.27. The van der Waals surface area contributed by atoms with Gasteiger partial charge in [0.2, 0.25) is 0 Å². The molecule has 0 N–H and O–H groups in total. The Kier molecular flexibility index (Phi) is 3.62. The number of fused-ring (bicyclic) bond motifs is 1. The highest BCUT2D eigenvalue weighted by Crippen LogP contribution is 2.28. The Hall–Kier alpha value is -1.09. The highest BCUT2D eigenvalue weighted by Gasteiger charge is 2.15. The maximum Gasteiger partial charge on any atom is 0.145 e. The fourth-order valence-electron chi connectivity index (χ4n) is 2.21. The van der Waals surface area contributed by atoms with E-state index in [0.717, 1.165) is 34.1 Å². The van der Waals surface area contributed by atoms with Crippen molar-refractivity contribution in [3.05, 3.63) is 22.7 Å². The van der Waals surface area contributed by atoms with Gasteiger partial charge in [0.05, 0.1) is 5.69 Å². The third kappa shape index (κ3) is 2.37. The molecule has 18 heavy (non-hydrogen) atoms. The average Bonchev–Trinajstić information content (AvgIpc) is 2.53. The highest BCUT2D eigenvalue weighted by atomic mass is 35.5. The Morgan fingerprint density at radius 1 is 1.22 bits per heavy atom. The molecule has 0 unspecified atom stereocenters. The summed E-state index contributed by atoms with van der Waals surface area (Å²) in [5.41, 5.74) is 1.97. The van der Waals surface area contributed by atoms with Crippen LogP contribution in [0, 0.1) is 12.8 Å². The maximum absolute atomic E-state index is 6.29. The third-order valence-corrected chi connectivity index (χ3v) is 3.28. The molecular weight excluding hydrogens is 246 g/mol. The van der Waals surface area contributed by atoms with Gasteiger partial charge >= 0.3 is 0 Å². The van der Waals surface area contributed by atoms with E-state index >= 15 is 0 Å². The summed E-state index contributed by atoms with van der Waals surface area (Å²) in [5.74, 6) is 1.46. The van der Waals surface area contributed by atoms with Gasteiger partial charge < -0.3 is 4.57 Å². The maximum atomic E-state index is 6.29. The fraction of sp³-hybridized carbons (Fsp3) is 0.571. The third-order valence-electron chi connectivity index (χ3n) is 2.99. The summed E-state index contributed by atoms with van der Waals surface area (Å²) in [6.45, 7) is 10.6. The van der Waals surface area contributed by atoms with Gasteiger partial charge in [-0.2, -0.15) is 0 Å². The van der Waals surface area contributed by atoms with Crippen LogP contribution in [0.1, 0.15) is 45.3 Å². The molecule has 2 aromatic heterocycles. The molecule has 0 aliphatic carbocycles. The molecule has 2 rings (SSSR count). The van der Waals surface area contributed by atoms with E-state index < -0.39 is 0 Å². The first-order chi connectivity index (χ1) is 8.40. The zero-order chi connectivity index (χ0) is 13.4. The van der Waals surface area contributed by atoms with Gasteiger partial charge in [-0.3, -0.25) is 0 Å². The second-order valence-corrected chi connectivity index (χ2v) is 5.88. The molecule has 98 valence electrons. The van der Waals surface area contributed by atoms with Crippen molar-refractivity contribution in [3.63, 3.8) is 0 Å². The molecular formula is C14H20ClN3. The van der Waals surface area contributed by atoms with Gasteiger partial charge in [-0.05, 0) is 32.8 Å². The highest BCUT2D eigenvalue weighted by molar-refractivity contribution is 6.30. The van der Waals surface area contributed by atoms with Crippen LogP contribution in [-0.2, 0) is 6.42 Å². The molecule has 0 saturated carbocycles. The predicted octanol–water partition coefficient (Wildman–Crippen LogP) is 4.17. The lowest BCUT2D eigenvalue weighted by Crippen LogP contribution is -2.06. The van der Waals surface area contributed by atoms with E-state index in [0.29, 0.717) is 12.0 Å². The molecule has 0 aromatic carbocycles. The van der Waals surface area contributed by atoms with Crippen LogP contribution in [0.25, 0.3) is 11.0 Å². The number of hydrogen-bond donors (Lipinski definition) is 0. The number of hydrogen-bond acceptors (Lipinski definition) is 2. The van der Waals surface area contributed by atoms with Crippen LogP contribution in [0.2, 0.25) is 5.15 Å². The van der Waals surface area contributed by atoms with Crippen LogP contribution in [0.15, 0.2) is 6.07 Å². The summed E-state index contributed by atoms with van der Waals surface area (Å²) in [7, 11) is 0. The minimum Gasteiger partial charge on any atom is -0.314 e. The molecule has 0 atom stereocenters. The SMILES string of the molecule is Cc1nc(CC(C)C)nc2c1cc(Cl)n2C(C)C. The van der Waals surface area contributed by atoms with Gasteiger partial charge in [0.15, 0.2) is 0 Å². The van der Waals surface area contributed by atoms with Gasteiger partial charge in [-0.15, -0.1) is 0 Å². The normalized spacial score (nSPS) is 12.0. The Balaban J connectivity index is 2.65. The smallest absolute Gasteiger partial charge is 0.145 e. The zero-order valence-electron chi connectivity index (χ0n) is 11.7. The van der Waals surface area contributed by atoms with E-state index in [9.17, 15) is 0 Å². The minimum atomic E-state index is 0.302. The Labute approximate surface area is 113 Å². The summed E-state index contributed by atoms with van der Waals surface area (Å²) in [5, 5.41) is 1.79. The molecule has 0 aliphatic heterocycles. The summed E-state index contributed by atoms with van der Waals surface area (Å²) in [4.78, 5) is 9.26. The summed E-state index contributed by atoms with van der Waals surface area (Å²) < 4.78 is 2.06. The lowest BCUT2D eigenvalue weighted by molar-refractivity contribution is 0.604. The van der Waals surface area contributed by atoms with Gasteiger partial charge in [0.1, 0.15) is 16.6 Å². The quantitative estimate of drug-likeness (QED) is 0.834. The predicted molar refractivity (Wildman–Crippen MR) is 76.2 cm³/mol. The van der Waals surface area contributed by atoms with E-state index in [2.05, 4.69) is 42.2 Å². The number of rotatable bonds is 3. The summed E-state index contributed by atoms with van der Waals surface area (Å²) >= 11 is 6.29. The Morgan fingerprint density at radius 3 is 2.44 bits per heavy atom. The first-order valence-corrected chi connectivity index (χ1v) is 6.82. The standard InChI is InChI=1S/C14H20ClN3/c1-8(2)6-13-16-10(5)11-7-12(15)18(9(3)4)14(11)17-13/h7-9H,6H2,1-5H3. The van der Waals surface area contributed by atoms with Gasteiger partial charge in [-0.25, -0.2) is 9.97 Å². The van der Waals surface area contributed by atoms with Gasteiger partial charge in [0.25, 0.3) is 0 Å². The largest absolute Gasteiger partial charge is 0.314 e. The Morgan fingerprint density at radius 2 is 1.89 bits per heavy atom. The van der Waals surface area contributed by atoms with Crippen LogP contribution in [0.3, 0.4) is 0 Å². The van der Waals surface area contributed by atoms with Crippen molar-refractivity contribution >= 4 is 22.6 Å². The van der Waals surface area contributed by atoms with E-state index in [1.807, 2.05) is 13.0 Å². The van der Waals surface area contributed by atoms with E-state index in [1.165, 1.54) is 0 Å². The molecule has 0 bridgehead atoms. The molecule has 4 heteroatoms. The Bertz CT molecular complexity index is 570. The molecule has 2 aromatic rings. The molecule has 3 nitrogen and oxygen atoms in total. The van der Waals surface area contributed by atoms with Gasteiger partial charge in [-0.1, -0.05) is 25.4 Å². The molecule has 0 spiro atoms. The lowest BCUT2D eigenvalue weighted by Gasteiger charge is -2.12. The minimum absolute atomic E-state index is 0.302.